The maximum atomic E-state index is 12.4. The fourth-order valence-electron chi connectivity index (χ4n) is 3.16. The van der Waals surface area contributed by atoms with E-state index in [9.17, 15) is 9.59 Å². The van der Waals surface area contributed by atoms with E-state index in [4.69, 9.17) is 10.5 Å². The number of amides is 3. The highest BCUT2D eigenvalue weighted by Gasteiger charge is 2.29. The average molecular weight is 329 g/mol. The van der Waals surface area contributed by atoms with Crippen LogP contribution in [0.25, 0.3) is 5.57 Å². The number of ether oxygens (including phenoxy) is 1. The van der Waals surface area contributed by atoms with Crippen LogP contribution in [0.3, 0.4) is 0 Å². The lowest BCUT2D eigenvalue weighted by Crippen LogP contribution is -2.45. The summed E-state index contributed by atoms with van der Waals surface area (Å²) in [5.41, 5.74) is 7.56. The van der Waals surface area contributed by atoms with E-state index in [1.165, 1.54) is 5.57 Å². The predicted octanol–water partition coefficient (Wildman–Crippen LogP) is 1.52. The third-order valence-electron chi connectivity index (χ3n) is 4.49. The van der Waals surface area contributed by atoms with Crippen LogP contribution in [0, 0.1) is 0 Å². The van der Waals surface area contributed by atoms with Crippen molar-refractivity contribution in [1.82, 2.24) is 10.2 Å². The van der Waals surface area contributed by atoms with Crippen molar-refractivity contribution >= 4 is 17.5 Å². The Morgan fingerprint density at radius 1 is 1.25 bits per heavy atom. The van der Waals surface area contributed by atoms with Crippen molar-refractivity contribution in [3.8, 4) is 0 Å². The minimum absolute atomic E-state index is 0.0948. The van der Waals surface area contributed by atoms with Gasteiger partial charge >= 0.3 is 6.03 Å². The van der Waals surface area contributed by atoms with Gasteiger partial charge in [-0.15, -0.1) is 0 Å². The summed E-state index contributed by atoms with van der Waals surface area (Å²) < 4.78 is 5.53. The van der Waals surface area contributed by atoms with E-state index in [2.05, 4.69) is 23.5 Å². The molecule has 2 heterocycles. The molecule has 0 spiro atoms. The van der Waals surface area contributed by atoms with Crippen LogP contribution in [-0.2, 0) is 9.53 Å². The summed E-state index contributed by atoms with van der Waals surface area (Å²) in [7, 11) is 0. The van der Waals surface area contributed by atoms with Crippen molar-refractivity contribution in [1.29, 1.82) is 0 Å². The Hall–Kier alpha value is -2.34. The molecule has 3 N–H and O–H groups in total. The summed E-state index contributed by atoms with van der Waals surface area (Å²) in [6, 6.07) is 10.0. The number of hydrogen-bond acceptors (Lipinski definition) is 3. The minimum Gasteiger partial charge on any atom is -0.367 e. The average Bonchev–Trinajstić information content (AvgIpc) is 3.10. The van der Waals surface area contributed by atoms with Crippen LogP contribution in [0.2, 0.25) is 0 Å². The zero-order chi connectivity index (χ0) is 16.9. The molecule has 1 aromatic rings. The van der Waals surface area contributed by atoms with Gasteiger partial charge < -0.3 is 20.7 Å². The summed E-state index contributed by atoms with van der Waals surface area (Å²) >= 11 is 0. The van der Waals surface area contributed by atoms with E-state index in [0.29, 0.717) is 26.1 Å². The number of benzene rings is 1. The van der Waals surface area contributed by atoms with Gasteiger partial charge in [-0.25, -0.2) is 4.79 Å². The van der Waals surface area contributed by atoms with Crippen LogP contribution in [0.15, 0.2) is 36.4 Å². The third-order valence-corrected chi connectivity index (χ3v) is 4.49. The van der Waals surface area contributed by atoms with Crippen LogP contribution in [0.5, 0.6) is 0 Å². The lowest BCUT2D eigenvalue weighted by atomic mass is 10.0. The van der Waals surface area contributed by atoms with Gasteiger partial charge in [0.2, 0.25) is 5.91 Å². The highest BCUT2D eigenvalue weighted by atomic mass is 16.5. The Morgan fingerprint density at radius 3 is 2.75 bits per heavy atom. The molecule has 3 amide bonds. The molecule has 6 nitrogen and oxygen atoms in total. The number of hydrogen-bond donors (Lipinski definition) is 2. The molecule has 2 aliphatic heterocycles. The van der Waals surface area contributed by atoms with E-state index >= 15 is 0 Å². The van der Waals surface area contributed by atoms with Crippen LogP contribution in [-0.4, -0.2) is 48.7 Å². The molecule has 0 aromatic heterocycles. The number of carbonyl (C=O) groups is 2. The number of rotatable bonds is 4. The Labute approximate surface area is 141 Å². The van der Waals surface area contributed by atoms with Crippen molar-refractivity contribution in [2.45, 2.75) is 31.5 Å². The predicted molar refractivity (Wildman–Crippen MR) is 91.1 cm³/mol. The van der Waals surface area contributed by atoms with E-state index in [1.807, 2.05) is 23.1 Å². The molecular weight excluding hydrogens is 306 g/mol. The molecule has 1 saturated heterocycles. The van der Waals surface area contributed by atoms with Crippen LogP contribution in [0.1, 0.15) is 24.8 Å². The molecule has 3 rings (SSSR count). The lowest BCUT2D eigenvalue weighted by molar-refractivity contribution is -0.128. The van der Waals surface area contributed by atoms with Gasteiger partial charge in [-0.3, -0.25) is 4.79 Å². The smallest absolute Gasteiger partial charge is 0.317 e. The number of carbonyl (C=O) groups excluding carboxylic acids is 2. The van der Waals surface area contributed by atoms with Crippen molar-refractivity contribution in [3.05, 3.63) is 42.0 Å². The molecule has 128 valence electrons. The molecule has 0 bridgehead atoms. The van der Waals surface area contributed by atoms with E-state index in [1.54, 1.807) is 0 Å². The molecule has 0 radical (unpaired) electrons. The summed E-state index contributed by atoms with van der Waals surface area (Å²) in [5.74, 6) is -0.433. The largest absolute Gasteiger partial charge is 0.367 e. The number of nitrogens with two attached hydrogens (primary N) is 1. The van der Waals surface area contributed by atoms with Gasteiger partial charge in [0.15, 0.2) is 0 Å². The lowest BCUT2D eigenvalue weighted by Gasteiger charge is -2.28. The van der Waals surface area contributed by atoms with Gasteiger partial charge in [-0.2, -0.15) is 0 Å². The third kappa shape index (κ3) is 3.94. The normalized spacial score (nSPS) is 23.7. The van der Waals surface area contributed by atoms with Crippen LogP contribution in [0.4, 0.5) is 4.79 Å². The molecule has 1 fully saturated rings. The number of nitrogens with one attached hydrogen (secondary N) is 1. The maximum absolute atomic E-state index is 12.4. The fraction of sp³-hybridized carbons (Fsp3) is 0.444. The topological polar surface area (TPSA) is 84.7 Å². The van der Waals surface area contributed by atoms with Crippen molar-refractivity contribution in [3.63, 3.8) is 0 Å². The van der Waals surface area contributed by atoms with Crippen molar-refractivity contribution in [2.24, 2.45) is 5.73 Å². The first kappa shape index (κ1) is 16.5. The monoisotopic (exact) mass is 329 g/mol. The molecule has 0 aliphatic carbocycles. The van der Waals surface area contributed by atoms with Gasteiger partial charge in [-0.05, 0) is 30.4 Å². The first-order valence-corrected chi connectivity index (χ1v) is 8.35. The Balaban J connectivity index is 1.49. The molecular formula is C18H23N3O3. The van der Waals surface area contributed by atoms with Gasteiger partial charge in [-0.1, -0.05) is 36.4 Å². The van der Waals surface area contributed by atoms with Gasteiger partial charge in [0.1, 0.15) is 6.10 Å². The van der Waals surface area contributed by atoms with Crippen molar-refractivity contribution < 1.29 is 14.3 Å². The molecule has 2 atom stereocenters. The number of nitrogens with zero attached hydrogens (tertiary/aromatic N) is 1. The Kier molecular flexibility index (Phi) is 5.15. The molecule has 0 saturated carbocycles. The van der Waals surface area contributed by atoms with Gasteiger partial charge in [0.25, 0.3) is 0 Å². The highest BCUT2D eigenvalue weighted by molar-refractivity contribution is 5.79. The highest BCUT2D eigenvalue weighted by Crippen LogP contribution is 2.21. The number of primary amides is 1. The van der Waals surface area contributed by atoms with E-state index < -0.39 is 12.0 Å². The Bertz CT molecular complexity index is 630. The minimum atomic E-state index is -0.519. The van der Waals surface area contributed by atoms with Gasteiger partial charge in [0, 0.05) is 19.6 Å². The molecule has 24 heavy (non-hydrogen) atoms. The molecule has 6 heteroatoms. The fourth-order valence-corrected chi connectivity index (χ4v) is 3.16. The zero-order valence-electron chi connectivity index (χ0n) is 13.6. The molecule has 2 aliphatic rings. The summed E-state index contributed by atoms with van der Waals surface area (Å²) in [5, 5.41) is 2.91. The zero-order valence-corrected chi connectivity index (χ0v) is 13.6. The van der Waals surface area contributed by atoms with E-state index in [0.717, 1.165) is 18.4 Å². The second-order valence-corrected chi connectivity index (χ2v) is 6.22. The second kappa shape index (κ2) is 7.49. The SMILES string of the molecule is NC(=O)[C@@H]1CC[C@H](CNC(=O)N2CCC=C(c3ccccc3)C2)O1. The van der Waals surface area contributed by atoms with Crippen LogP contribution < -0.4 is 11.1 Å². The quantitative estimate of drug-likeness (QED) is 0.878. The molecule has 1 aromatic carbocycles. The molecule has 0 unspecified atom stereocenters. The van der Waals surface area contributed by atoms with E-state index in [-0.39, 0.29) is 12.1 Å². The summed E-state index contributed by atoms with van der Waals surface area (Å²) in [6.45, 7) is 1.71. The van der Waals surface area contributed by atoms with Crippen molar-refractivity contribution in [2.75, 3.05) is 19.6 Å². The first-order chi connectivity index (χ1) is 11.6. The van der Waals surface area contributed by atoms with Gasteiger partial charge in [0.05, 0.1) is 6.10 Å². The maximum Gasteiger partial charge on any atom is 0.317 e. The van der Waals surface area contributed by atoms with Crippen LogP contribution >= 0.6 is 0 Å². The Morgan fingerprint density at radius 2 is 2.04 bits per heavy atom. The summed E-state index contributed by atoms with van der Waals surface area (Å²) in [6.07, 6.45) is 3.75. The second-order valence-electron chi connectivity index (χ2n) is 6.22. The summed E-state index contributed by atoms with van der Waals surface area (Å²) in [4.78, 5) is 25.3. The number of urea groups is 1. The first-order valence-electron chi connectivity index (χ1n) is 8.35. The standard InChI is InChI=1S/C18H23N3O3/c19-17(22)16-9-8-15(24-16)11-20-18(23)21-10-4-7-14(12-21)13-5-2-1-3-6-13/h1-3,5-7,15-16H,4,8-12H2,(H2,19,22)(H,20,23)/t15-,16+/m1/s1.